The van der Waals surface area contributed by atoms with Crippen molar-refractivity contribution in [2.24, 2.45) is 10.1 Å². The number of nitrogens with two attached hydrogens (primary N) is 1. The molecule has 1 atom stereocenters. The highest BCUT2D eigenvalue weighted by molar-refractivity contribution is 7.89. The predicted molar refractivity (Wildman–Crippen MR) is 108 cm³/mol. The highest BCUT2D eigenvalue weighted by Gasteiger charge is 2.09. The molecule has 7 nitrogen and oxygen atoms in total. The average molecular weight is 411 g/mol. The normalized spacial score (nSPS) is 13.1. The fraction of sp³-hybridized carbons (Fsp3) is 0.278. The number of halogens is 1. The van der Waals surface area contributed by atoms with E-state index >= 15 is 0 Å². The maximum absolute atomic E-state index is 11.4. The second kappa shape index (κ2) is 9.59. The van der Waals surface area contributed by atoms with Gasteiger partial charge in [-0.1, -0.05) is 23.7 Å². The van der Waals surface area contributed by atoms with Crippen molar-refractivity contribution in [3.8, 4) is 5.75 Å². The molecule has 0 fully saturated rings. The van der Waals surface area contributed by atoms with Gasteiger partial charge in [0.1, 0.15) is 11.9 Å². The topological polar surface area (TPSA) is 106 Å². The van der Waals surface area contributed by atoms with Crippen LogP contribution in [0.25, 0.3) is 0 Å². The minimum Gasteiger partial charge on any atom is -0.489 e. The molecule has 4 N–H and O–H groups in total. The van der Waals surface area contributed by atoms with Crippen LogP contribution in [0.15, 0.2) is 58.4 Å². The summed E-state index contributed by atoms with van der Waals surface area (Å²) in [5.74, 6) is 1.30. The average Bonchev–Trinajstić information content (AvgIpc) is 2.63. The van der Waals surface area contributed by atoms with E-state index in [4.69, 9.17) is 21.5 Å². The van der Waals surface area contributed by atoms with Crippen LogP contribution in [0.5, 0.6) is 5.75 Å². The summed E-state index contributed by atoms with van der Waals surface area (Å²) in [4.78, 5) is 4.22. The highest BCUT2D eigenvalue weighted by Crippen LogP contribution is 2.16. The first kappa shape index (κ1) is 21.0. The molecule has 1 unspecified atom stereocenters. The summed E-state index contributed by atoms with van der Waals surface area (Å²) >= 11 is 5.86. The molecule has 146 valence electrons. The maximum Gasteiger partial charge on any atom is 0.238 e. The number of guanidine groups is 1. The first-order valence-corrected chi connectivity index (χ1v) is 10.2. The van der Waals surface area contributed by atoms with E-state index in [9.17, 15) is 8.42 Å². The minimum atomic E-state index is -3.72. The number of aliphatic imine (C=N–C) groups is 1. The largest absolute Gasteiger partial charge is 0.489 e. The maximum atomic E-state index is 11.4. The van der Waals surface area contributed by atoms with Gasteiger partial charge in [0.2, 0.25) is 10.0 Å². The van der Waals surface area contributed by atoms with Crippen molar-refractivity contribution in [2.45, 2.75) is 24.5 Å². The first-order chi connectivity index (χ1) is 12.8. The van der Waals surface area contributed by atoms with Crippen molar-refractivity contribution in [1.29, 1.82) is 0 Å². The van der Waals surface area contributed by atoms with E-state index in [1.807, 2.05) is 19.1 Å². The lowest BCUT2D eigenvalue weighted by molar-refractivity contribution is 0.224. The Balaban J connectivity index is 1.84. The quantitative estimate of drug-likeness (QED) is 0.479. The van der Waals surface area contributed by atoms with Gasteiger partial charge in [-0.3, -0.25) is 4.99 Å². The second-order valence-corrected chi connectivity index (χ2v) is 7.88. The van der Waals surface area contributed by atoms with Gasteiger partial charge in [0.25, 0.3) is 0 Å². The van der Waals surface area contributed by atoms with Gasteiger partial charge in [-0.05, 0) is 48.9 Å². The first-order valence-electron chi connectivity index (χ1n) is 8.26. The number of rotatable bonds is 7. The Hall–Kier alpha value is -2.29. The van der Waals surface area contributed by atoms with Crippen molar-refractivity contribution in [2.75, 3.05) is 13.6 Å². The molecule has 0 aromatic heterocycles. The number of nitrogens with one attached hydrogen (secondary N) is 2. The Morgan fingerprint density at radius 3 is 2.56 bits per heavy atom. The predicted octanol–water partition coefficient (Wildman–Crippen LogP) is 2.12. The number of nitrogens with zero attached hydrogens (tertiary/aromatic N) is 1. The van der Waals surface area contributed by atoms with Gasteiger partial charge in [-0.25, -0.2) is 13.6 Å². The Morgan fingerprint density at radius 1 is 1.22 bits per heavy atom. The molecule has 2 aromatic carbocycles. The third-order valence-electron chi connectivity index (χ3n) is 3.62. The molecule has 0 heterocycles. The lowest BCUT2D eigenvalue weighted by Gasteiger charge is -2.18. The molecule has 0 spiro atoms. The molecule has 0 aliphatic heterocycles. The number of benzene rings is 2. The molecule has 0 saturated carbocycles. The zero-order valence-corrected chi connectivity index (χ0v) is 16.7. The minimum absolute atomic E-state index is 0.0785. The third kappa shape index (κ3) is 7.09. The van der Waals surface area contributed by atoms with Gasteiger partial charge in [-0.2, -0.15) is 0 Å². The van der Waals surface area contributed by atoms with Crippen LogP contribution >= 0.6 is 11.6 Å². The molecule has 0 bridgehead atoms. The van der Waals surface area contributed by atoms with E-state index in [0.717, 1.165) is 11.3 Å². The Kier molecular flexibility index (Phi) is 7.46. The lowest BCUT2D eigenvalue weighted by atomic mass is 10.2. The molecular formula is C18H23ClN4O3S. The van der Waals surface area contributed by atoms with Crippen LogP contribution in [-0.2, 0) is 16.6 Å². The molecule has 9 heteroatoms. The standard InChI is InChI=1S/C18H23ClN4O3S/c1-13(26-16-8-6-15(19)7-9-16)11-22-18(21-2)23-12-14-4-3-5-17(10-14)27(20,24)25/h3-10,13H,11-12H2,1-2H3,(H2,20,24,25)(H2,21,22,23). The molecule has 0 radical (unpaired) electrons. The van der Waals surface area contributed by atoms with Gasteiger partial charge in [0, 0.05) is 18.6 Å². The van der Waals surface area contributed by atoms with Gasteiger partial charge in [-0.15, -0.1) is 0 Å². The van der Waals surface area contributed by atoms with Crippen LogP contribution < -0.4 is 20.5 Å². The third-order valence-corrected chi connectivity index (χ3v) is 4.78. The SMILES string of the molecule is CN=C(NCc1cccc(S(N)(=O)=O)c1)NCC(C)Oc1ccc(Cl)cc1. The van der Waals surface area contributed by atoms with Crippen LogP contribution in [0.3, 0.4) is 0 Å². The summed E-state index contributed by atoms with van der Waals surface area (Å²) in [5, 5.41) is 12.1. The van der Waals surface area contributed by atoms with Crippen molar-refractivity contribution < 1.29 is 13.2 Å². The van der Waals surface area contributed by atoms with Crippen molar-refractivity contribution in [3.05, 3.63) is 59.1 Å². The van der Waals surface area contributed by atoms with Gasteiger partial charge in [0.15, 0.2) is 5.96 Å². The second-order valence-electron chi connectivity index (χ2n) is 5.88. The van der Waals surface area contributed by atoms with Crippen molar-refractivity contribution >= 4 is 27.6 Å². The van der Waals surface area contributed by atoms with Gasteiger partial charge in [0.05, 0.1) is 11.4 Å². The lowest BCUT2D eigenvalue weighted by Crippen LogP contribution is -2.41. The van der Waals surface area contributed by atoms with Crippen LogP contribution in [0, 0.1) is 0 Å². The summed E-state index contributed by atoms with van der Waals surface area (Å²) < 4.78 is 28.6. The van der Waals surface area contributed by atoms with E-state index in [1.165, 1.54) is 12.1 Å². The molecule has 0 amide bonds. The fourth-order valence-corrected chi connectivity index (χ4v) is 2.98. The van der Waals surface area contributed by atoms with Crippen LogP contribution in [-0.4, -0.2) is 34.1 Å². The Labute approximate surface area is 164 Å². The Morgan fingerprint density at radius 2 is 1.93 bits per heavy atom. The van der Waals surface area contributed by atoms with E-state index in [0.29, 0.717) is 24.1 Å². The van der Waals surface area contributed by atoms with Crippen molar-refractivity contribution in [1.82, 2.24) is 10.6 Å². The molecule has 0 aliphatic rings. The van der Waals surface area contributed by atoms with E-state index in [-0.39, 0.29) is 11.0 Å². The summed E-state index contributed by atoms with van der Waals surface area (Å²) in [6, 6.07) is 13.6. The van der Waals surface area contributed by atoms with Crippen LogP contribution in [0.4, 0.5) is 0 Å². The smallest absolute Gasteiger partial charge is 0.238 e. The molecular weight excluding hydrogens is 388 g/mol. The summed E-state index contributed by atoms with van der Waals surface area (Å²) in [6.07, 6.45) is -0.101. The van der Waals surface area contributed by atoms with E-state index in [2.05, 4.69) is 15.6 Å². The number of sulfonamides is 1. The molecule has 0 saturated heterocycles. The number of primary sulfonamides is 1. The van der Waals surface area contributed by atoms with E-state index in [1.54, 1.807) is 31.3 Å². The zero-order valence-electron chi connectivity index (χ0n) is 15.1. The Bertz CT molecular complexity index is 886. The monoisotopic (exact) mass is 410 g/mol. The summed E-state index contributed by atoms with van der Waals surface area (Å²) in [5.41, 5.74) is 0.773. The van der Waals surface area contributed by atoms with Gasteiger partial charge >= 0.3 is 0 Å². The molecule has 27 heavy (non-hydrogen) atoms. The zero-order chi connectivity index (χ0) is 19.9. The molecule has 2 rings (SSSR count). The summed E-state index contributed by atoms with van der Waals surface area (Å²) in [6.45, 7) is 2.86. The molecule has 2 aromatic rings. The fourth-order valence-electron chi connectivity index (χ4n) is 2.27. The van der Waals surface area contributed by atoms with Gasteiger partial charge < -0.3 is 15.4 Å². The number of hydrogen-bond donors (Lipinski definition) is 3. The number of ether oxygens (including phenoxy) is 1. The number of hydrogen-bond acceptors (Lipinski definition) is 4. The van der Waals surface area contributed by atoms with Crippen LogP contribution in [0.2, 0.25) is 5.02 Å². The van der Waals surface area contributed by atoms with Crippen LogP contribution in [0.1, 0.15) is 12.5 Å². The van der Waals surface area contributed by atoms with Crippen molar-refractivity contribution in [3.63, 3.8) is 0 Å². The summed E-state index contributed by atoms with van der Waals surface area (Å²) in [7, 11) is -2.07. The highest BCUT2D eigenvalue weighted by atomic mass is 35.5. The molecule has 0 aliphatic carbocycles. The van der Waals surface area contributed by atoms with E-state index < -0.39 is 10.0 Å².